The molecule has 32 heavy (non-hydrogen) atoms. The van der Waals surface area contributed by atoms with Gasteiger partial charge in [-0.3, -0.25) is 4.79 Å². The van der Waals surface area contributed by atoms with E-state index in [1.54, 1.807) is 0 Å². The van der Waals surface area contributed by atoms with Gasteiger partial charge in [-0.15, -0.1) is 6.42 Å². The van der Waals surface area contributed by atoms with Gasteiger partial charge in [0.25, 0.3) is 5.79 Å². The monoisotopic (exact) mass is 464 g/mol. The van der Waals surface area contributed by atoms with E-state index in [0.29, 0.717) is 0 Å². The molecule has 0 radical (unpaired) electrons. The lowest BCUT2D eigenvalue weighted by Gasteiger charge is -2.47. The molecule has 13 nitrogen and oxygen atoms in total. The van der Waals surface area contributed by atoms with Gasteiger partial charge < -0.3 is 55.2 Å². The highest BCUT2D eigenvalue weighted by Crippen LogP contribution is 2.34. The maximum absolute atomic E-state index is 12.5. The number of esters is 1. The van der Waals surface area contributed by atoms with E-state index in [0.717, 1.165) is 7.11 Å². The lowest BCUT2D eigenvalue weighted by molar-refractivity contribution is -0.313. The van der Waals surface area contributed by atoms with Crippen LogP contribution in [0.5, 0.6) is 0 Å². The van der Waals surface area contributed by atoms with Crippen LogP contribution in [0.1, 0.15) is 6.42 Å². The highest BCUT2D eigenvalue weighted by Gasteiger charge is 2.56. The summed E-state index contributed by atoms with van der Waals surface area (Å²) in [7, 11) is 1.07. The Morgan fingerprint density at radius 2 is 1.94 bits per heavy atom. The van der Waals surface area contributed by atoms with Crippen molar-refractivity contribution in [2.24, 2.45) is 5.73 Å². The standard InChI is InChI=1S/C19H32N2O11/c1-3-4-29-5-6-30-7-8-31-19(18(27)28-2)9-12(23)15(21-14(25)11-22)17(32-19)16(26)13(24)10-20/h1,12-13,15-17,22-24,26H,4-11,20H2,2H3,(H,21,25)/t12-,13+,15+,16+,17+,19+/m0/s1. The number of terminal acetylenes is 1. The molecule has 1 rings (SSSR count). The van der Waals surface area contributed by atoms with Gasteiger partial charge in [0.05, 0.1) is 51.8 Å². The third-order valence-electron chi connectivity index (χ3n) is 4.63. The lowest BCUT2D eigenvalue weighted by Crippen LogP contribution is -2.68. The molecule has 1 amide bonds. The third-order valence-corrected chi connectivity index (χ3v) is 4.63. The average Bonchev–Trinajstić information content (AvgIpc) is 2.80. The second-order valence-corrected chi connectivity index (χ2v) is 6.86. The summed E-state index contributed by atoms with van der Waals surface area (Å²) < 4.78 is 26.3. The van der Waals surface area contributed by atoms with Crippen LogP contribution in [0.15, 0.2) is 0 Å². The first-order chi connectivity index (χ1) is 15.3. The molecule has 1 heterocycles. The number of carbonyl (C=O) groups is 2. The van der Waals surface area contributed by atoms with Crippen molar-refractivity contribution in [2.45, 2.75) is 42.7 Å². The minimum absolute atomic E-state index is 0.0148. The quantitative estimate of drug-likeness (QED) is 0.0825. The Morgan fingerprint density at radius 1 is 1.28 bits per heavy atom. The van der Waals surface area contributed by atoms with Gasteiger partial charge in [-0.2, -0.15) is 0 Å². The molecule has 0 saturated carbocycles. The van der Waals surface area contributed by atoms with Gasteiger partial charge in [0.1, 0.15) is 25.4 Å². The fraction of sp³-hybridized carbons (Fsp3) is 0.789. The van der Waals surface area contributed by atoms with Crippen molar-refractivity contribution >= 4 is 11.9 Å². The fourth-order valence-electron chi connectivity index (χ4n) is 3.07. The minimum Gasteiger partial charge on any atom is -0.465 e. The molecule has 1 aliphatic rings. The zero-order valence-corrected chi connectivity index (χ0v) is 17.8. The summed E-state index contributed by atoms with van der Waals surface area (Å²) in [5.74, 6) is -1.75. The molecule has 0 aromatic heterocycles. The highest BCUT2D eigenvalue weighted by atomic mass is 16.7. The SMILES string of the molecule is C#CCOCCOCCO[C@]1(C(=O)OC)C[C@H](O)[C@@H](NC(=O)CO)[C@H]([C@H](O)[C@H](O)CN)O1. The largest absolute Gasteiger partial charge is 0.465 e. The van der Waals surface area contributed by atoms with Gasteiger partial charge in [-0.25, -0.2) is 4.79 Å². The number of nitrogens with one attached hydrogen (secondary N) is 1. The van der Waals surface area contributed by atoms with Gasteiger partial charge >= 0.3 is 5.97 Å². The van der Waals surface area contributed by atoms with Crippen molar-refractivity contribution in [3.8, 4) is 12.3 Å². The van der Waals surface area contributed by atoms with Crippen LogP contribution in [0.2, 0.25) is 0 Å². The molecule has 0 bridgehead atoms. The van der Waals surface area contributed by atoms with E-state index in [-0.39, 0.29) is 39.6 Å². The summed E-state index contributed by atoms with van der Waals surface area (Å²) in [5.41, 5.74) is 5.38. The third kappa shape index (κ3) is 7.93. The Kier molecular flexibility index (Phi) is 12.6. The number of rotatable bonds is 14. The first-order valence-electron chi connectivity index (χ1n) is 9.89. The smallest absolute Gasteiger partial charge is 0.366 e. The number of amides is 1. The predicted octanol–water partition coefficient (Wildman–Crippen LogP) is -4.15. The zero-order valence-electron chi connectivity index (χ0n) is 17.8. The Morgan fingerprint density at radius 3 is 2.53 bits per heavy atom. The van der Waals surface area contributed by atoms with Crippen LogP contribution in [-0.2, 0) is 33.3 Å². The van der Waals surface area contributed by atoms with E-state index < -0.39 is 61.1 Å². The van der Waals surface area contributed by atoms with E-state index in [2.05, 4.69) is 11.2 Å². The van der Waals surface area contributed by atoms with Gasteiger partial charge in [-0.1, -0.05) is 5.92 Å². The molecule has 7 N–H and O–H groups in total. The molecule has 0 aromatic carbocycles. The van der Waals surface area contributed by atoms with Gasteiger partial charge in [0, 0.05) is 13.0 Å². The molecule has 1 fully saturated rings. The van der Waals surface area contributed by atoms with Crippen molar-refractivity contribution < 1.29 is 53.7 Å². The predicted molar refractivity (Wildman–Crippen MR) is 107 cm³/mol. The Bertz CT molecular complexity index is 629. The van der Waals surface area contributed by atoms with Crippen LogP contribution in [0, 0.1) is 12.3 Å². The van der Waals surface area contributed by atoms with Crippen LogP contribution in [0.25, 0.3) is 0 Å². The molecule has 184 valence electrons. The topological polar surface area (TPSA) is 199 Å². The Hall–Kier alpha value is -1.86. The minimum atomic E-state index is -2.17. The number of aliphatic hydroxyl groups excluding tert-OH is 4. The van der Waals surface area contributed by atoms with Crippen molar-refractivity contribution in [3.63, 3.8) is 0 Å². The number of hydrogen-bond acceptors (Lipinski definition) is 12. The number of hydrogen-bond donors (Lipinski definition) is 6. The van der Waals surface area contributed by atoms with E-state index in [4.69, 9.17) is 40.9 Å². The maximum atomic E-state index is 12.5. The molecular formula is C19H32N2O11. The average molecular weight is 464 g/mol. The molecule has 1 saturated heterocycles. The van der Waals surface area contributed by atoms with Crippen LogP contribution in [0.4, 0.5) is 0 Å². The van der Waals surface area contributed by atoms with Crippen LogP contribution < -0.4 is 11.1 Å². The van der Waals surface area contributed by atoms with Crippen molar-refractivity contribution in [1.82, 2.24) is 5.32 Å². The van der Waals surface area contributed by atoms with Crippen molar-refractivity contribution in [1.29, 1.82) is 0 Å². The second kappa shape index (κ2) is 14.3. The number of aliphatic hydroxyl groups is 4. The van der Waals surface area contributed by atoms with E-state index in [1.165, 1.54) is 0 Å². The maximum Gasteiger partial charge on any atom is 0.366 e. The molecule has 13 heteroatoms. The number of methoxy groups -OCH3 is 1. The summed E-state index contributed by atoms with van der Waals surface area (Å²) in [6, 6.07) is -1.29. The van der Waals surface area contributed by atoms with Crippen LogP contribution >= 0.6 is 0 Å². The van der Waals surface area contributed by atoms with Gasteiger partial charge in [0.15, 0.2) is 0 Å². The molecule has 6 atom stereocenters. The molecule has 0 aromatic rings. The van der Waals surface area contributed by atoms with Gasteiger partial charge in [0.2, 0.25) is 5.91 Å². The Balaban J connectivity index is 2.94. The summed E-state index contributed by atoms with van der Waals surface area (Å²) >= 11 is 0. The van der Waals surface area contributed by atoms with Crippen LogP contribution in [-0.4, -0.2) is 122 Å². The number of ether oxygens (including phenoxy) is 5. The molecule has 0 unspecified atom stereocenters. The summed E-state index contributed by atoms with van der Waals surface area (Å²) in [6.07, 6.45) is -1.69. The molecule has 1 aliphatic heterocycles. The second-order valence-electron chi connectivity index (χ2n) is 6.86. The fourth-order valence-corrected chi connectivity index (χ4v) is 3.07. The number of nitrogens with two attached hydrogens (primary N) is 1. The van der Waals surface area contributed by atoms with E-state index in [1.807, 2.05) is 0 Å². The molecular weight excluding hydrogens is 432 g/mol. The zero-order chi connectivity index (χ0) is 24.1. The molecule has 0 spiro atoms. The first kappa shape index (κ1) is 28.2. The normalized spacial score (nSPS) is 27.2. The van der Waals surface area contributed by atoms with E-state index >= 15 is 0 Å². The van der Waals surface area contributed by atoms with Crippen molar-refractivity contribution in [3.05, 3.63) is 0 Å². The first-order valence-corrected chi connectivity index (χ1v) is 9.89. The highest BCUT2D eigenvalue weighted by molar-refractivity contribution is 5.79. The Labute approximate surface area is 185 Å². The van der Waals surface area contributed by atoms with Crippen molar-refractivity contribution in [2.75, 3.05) is 53.3 Å². The summed E-state index contributed by atoms with van der Waals surface area (Å²) in [6.45, 7) is -0.832. The lowest BCUT2D eigenvalue weighted by atomic mass is 9.88. The van der Waals surface area contributed by atoms with Crippen LogP contribution in [0.3, 0.4) is 0 Å². The van der Waals surface area contributed by atoms with E-state index in [9.17, 15) is 24.9 Å². The molecule has 0 aliphatic carbocycles. The summed E-state index contributed by atoms with van der Waals surface area (Å²) in [4.78, 5) is 24.2. The van der Waals surface area contributed by atoms with Gasteiger partial charge in [-0.05, 0) is 0 Å². The summed E-state index contributed by atoms with van der Waals surface area (Å²) in [5, 5.41) is 42.4. The number of carbonyl (C=O) groups excluding carboxylic acids is 2.